The summed E-state index contributed by atoms with van der Waals surface area (Å²) in [6, 6.07) is 1.61. The highest BCUT2D eigenvalue weighted by atomic mass is 19.4. The monoisotopic (exact) mass is 349 g/mol. The van der Waals surface area contributed by atoms with Crippen LogP contribution in [0.15, 0.2) is 33.7 Å². The van der Waals surface area contributed by atoms with Gasteiger partial charge in [0.05, 0.1) is 23.7 Å². The lowest BCUT2D eigenvalue weighted by molar-refractivity contribution is -0.141. The van der Waals surface area contributed by atoms with Gasteiger partial charge in [-0.2, -0.15) is 26.3 Å². The number of rotatable bonds is 1. The number of aromatic nitrogens is 3. The van der Waals surface area contributed by atoms with E-state index >= 15 is 0 Å². The van der Waals surface area contributed by atoms with Crippen LogP contribution in [0.4, 0.5) is 26.3 Å². The maximum Gasteiger partial charge on any atom is 0.434 e. The van der Waals surface area contributed by atoms with Crippen LogP contribution in [-0.2, 0) is 12.4 Å². The Labute approximate surface area is 128 Å². The molecule has 126 valence electrons. The molecular weight excluding hydrogens is 344 g/mol. The highest BCUT2D eigenvalue weighted by Crippen LogP contribution is 2.37. The van der Waals surface area contributed by atoms with Crippen molar-refractivity contribution in [3.63, 3.8) is 0 Å². The topological polar surface area (TPSA) is 71.8 Å². The quantitative estimate of drug-likeness (QED) is 0.681. The number of benzene rings is 1. The number of hydrogen-bond donors (Lipinski definition) is 1. The van der Waals surface area contributed by atoms with Crippen molar-refractivity contribution in [2.75, 3.05) is 0 Å². The second-order valence-electron chi connectivity index (χ2n) is 4.66. The number of nitrogens with zero attached hydrogens (tertiary/aromatic N) is 2. The van der Waals surface area contributed by atoms with E-state index in [1.807, 2.05) is 4.98 Å². The Morgan fingerprint density at radius 2 is 1.67 bits per heavy atom. The van der Waals surface area contributed by atoms with Crippen molar-refractivity contribution in [1.82, 2.24) is 15.0 Å². The normalized spacial score (nSPS) is 12.8. The first-order chi connectivity index (χ1) is 11.1. The fourth-order valence-corrected chi connectivity index (χ4v) is 2.08. The van der Waals surface area contributed by atoms with Crippen molar-refractivity contribution in [2.45, 2.75) is 12.4 Å². The number of alkyl halides is 6. The molecule has 1 N–H and O–H groups in total. The second kappa shape index (κ2) is 5.08. The number of halogens is 6. The highest BCUT2D eigenvalue weighted by Gasteiger charge is 2.35. The lowest BCUT2D eigenvalue weighted by atomic mass is 10.1. The Kier molecular flexibility index (Phi) is 3.39. The van der Waals surface area contributed by atoms with Crippen LogP contribution < -0.4 is 5.76 Å². The van der Waals surface area contributed by atoms with Gasteiger partial charge < -0.3 is 4.42 Å². The van der Waals surface area contributed by atoms with Crippen LogP contribution in [0.2, 0.25) is 0 Å². The van der Waals surface area contributed by atoms with Gasteiger partial charge in [-0.15, -0.1) is 0 Å². The Balaban J connectivity index is 2.19. The molecule has 2 heterocycles. The minimum absolute atomic E-state index is 0.0995. The lowest BCUT2D eigenvalue weighted by Crippen LogP contribution is -2.08. The van der Waals surface area contributed by atoms with Crippen LogP contribution in [0.3, 0.4) is 0 Å². The molecule has 0 spiro atoms. The van der Waals surface area contributed by atoms with Crippen molar-refractivity contribution in [3.8, 4) is 11.3 Å². The molecule has 24 heavy (non-hydrogen) atoms. The number of H-pyrrole nitrogens is 1. The summed E-state index contributed by atoms with van der Waals surface area (Å²) in [5.74, 6) is -1.14. The van der Waals surface area contributed by atoms with Crippen LogP contribution >= 0.6 is 0 Å². The van der Waals surface area contributed by atoms with Crippen molar-refractivity contribution in [1.29, 1.82) is 0 Å². The van der Waals surface area contributed by atoms with Gasteiger partial charge in [0.2, 0.25) is 0 Å². The van der Waals surface area contributed by atoms with Crippen molar-refractivity contribution >= 4 is 11.1 Å². The van der Waals surface area contributed by atoms with Crippen LogP contribution in [0.25, 0.3) is 22.4 Å². The van der Waals surface area contributed by atoms with E-state index in [1.165, 1.54) is 0 Å². The summed E-state index contributed by atoms with van der Waals surface area (Å²) in [6.45, 7) is 0. The molecule has 3 rings (SSSR count). The molecule has 11 heteroatoms. The molecule has 0 aliphatic heterocycles. The zero-order valence-electron chi connectivity index (χ0n) is 11.3. The van der Waals surface area contributed by atoms with Crippen molar-refractivity contribution < 1.29 is 30.8 Å². The number of nitrogens with one attached hydrogen (secondary N) is 1. The third-order valence-electron chi connectivity index (χ3n) is 3.10. The molecule has 0 bridgehead atoms. The van der Waals surface area contributed by atoms with Gasteiger partial charge in [-0.3, -0.25) is 9.97 Å². The predicted molar refractivity (Wildman–Crippen MR) is 67.9 cm³/mol. The van der Waals surface area contributed by atoms with E-state index in [1.54, 1.807) is 0 Å². The van der Waals surface area contributed by atoms with Crippen LogP contribution in [0.5, 0.6) is 0 Å². The van der Waals surface area contributed by atoms with E-state index < -0.39 is 40.5 Å². The molecule has 0 atom stereocenters. The van der Waals surface area contributed by atoms with Crippen molar-refractivity contribution in [3.05, 3.63) is 46.3 Å². The maximum absolute atomic E-state index is 12.9. The van der Waals surface area contributed by atoms with Gasteiger partial charge in [-0.1, -0.05) is 0 Å². The predicted octanol–water partition coefficient (Wildman–Crippen LogP) is 3.62. The average Bonchev–Trinajstić information content (AvgIpc) is 2.85. The number of hydrogen-bond acceptors (Lipinski definition) is 4. The Morgan fingerprint density at radius 3 is 2.21 bits per heavy atom. The molecule has 0 amide bonds. The third-order valence-corrected chi connectivity index (χ3v) is 3.10. The summed E-state index contributed by atoms with van der Waals surface area (Å²) in [6.07, 6.45) is -8.29. The Morgan fingerprint density at radius 1 is 0.958 bits per heavy atom. The molecule has 1 aromatic carbocycles. The summed E-state index contributed by atoms with van der Waals surface area (Å²) >= 11 is 0. The minimum atomic E-state index is -4.75. The van der Waals surface area contributed by atoms with E-state index in [0.29, 0.717) is 12.3 Å². The van der Waals surface area contributed by atoms with Crippen LogP contribution in [0.1, 0.15) is 11.3 Å². The molecule has 0 fully saturated rings. The largest absolute Gasteiger partial charge is 0.434 e. The Hall–Kier alpha value is -2.85. The van der Waals surface area contributed by atoms with Crippen molar-refractivity contribution in [2.24, 2.45) is 0 Å². The van der Waals surface area contributed by atoms with Gasteiger partial charge in [0.15, 0.2) is 11.3 Å². The minimum Gasteiger partial charge on any atom is -0.407 e. The smallest absolute Gasteiger partial charge is 0.407 e. The first-order valence-electron chi connectivity index (χ1n) is 6.20. The zero-order valence-corrected chi connectivity index (χ0v) is 11.3. The summed E-state index contributed by atoms with van der Waals surface area (Å²) < 4.78 is 80.9. The van der Waals surface area contributed by atoms with Crippen LogP contribution in [0, 0.1) is 0 Å². The van der Waals surface area contributed by atoms with Gasteiger partial charge >= 0.3 is 18.1 Å². The molecule has 0 radical (unpaired) electrons. The zero-order chi connectivity index (χ0) is 17.7. The summed E-state index contributed by atoms with van der Waals surface area (Å²) in [5, 5.41) is 0. The molecule has 0 unspecified atom stereocenters. The summed E-state index contributed by atoms with van der Waals surface area (Å²) in [7, 11) is 0. The fraction of sp³-hybridized carbons (Fsp3) is 0.154. The van der Waals surface area contributed by atoms with Crippen LogP contribution in [-0.4, -0.2) is 15.0 Å². The van der Waals surface area contributed by atoms with Gasteiger partial charge in [0.25, 0.3) is 0 Å². The SMILES string of the molecule is O=c1[nH]c2c(C(F)(F)F)ccc(-c3cnc(C(F)(F)F)cn3)c2o1. The van der Waals surface area contributed by atoms with Gasteiger partial charge in [-0.25, -0.2) is 9.78 Å². The second-order valence-corrected chi connectivity index (χ2v) is 4.66. The standard InChI is InChI=1S/C13H5F6N3O2/c14-12(15,16)6-2-1-5(10-9(6)22-11(23)24-10)7-3-21-8(4-20-7)13(17,18)19/h1-4H,(H,22,23). The first kappa shape index (κ1) is 16.0. The highest BCUT2D eigenvalue weighted by molar-refractivity contribution is 5.91. The molecule has 3 aromatic rings. The van der Waals surface area contributed by atoms with Gasteiger partial charge in [-0.05, 0) is 12.1 Å². The van der Waals surface area contributed by atoms with Gasteiger partial charge in [0.1, 0.15) is 5.52 Å². The summed E-state index contributed by atoms with van der Waals surface area (Å²) in [5.41, 5.74) is -3.77. The molecule has 0 aliphatic carbocycles. The fourth-order valence-electron chi connectivity index (χ4n) is 2.08. The number of aromatic amines is 1. The number of fused-ring (bicyclic) bond motifs is 1. The number of oxazole rings is 1. The third kappa shape index (κ3) is 2.72. The van der Waals surface area contributed by atoms with E-state index in [2.05, 4.69) is 14.4 Å². The maximum atomic E-state index is 12.9. The summed E-state index contributed by atoms with van der Waals surface area (Å²) in [4.78, 5) is 19.9. The first-order valence-corrected chi connectivity index (χ1v) is 6.20. The van der Waals surface area contributed by atoms with E-state index in [4.69, 9.17) is 0 Å². The molecular formula is C13H5F6N3O2. The van der Waals surface area contributed by atoms with E-state index in [-0.39, 0.29) is 11.3 Å². The average molecular weight is 349 g/mol. The van der Waals surface area contributed by atoms with Gasteiger partial charge in [0, 0.05) is 5.56 Å². The van der Waals surface area contributed by atoms with E-state index in [0.717, 1.165) is 12.3 Å². The molecule has 0 saturated carbocycles. The molecule has 5 nitrogen and oxygen atoms in total. The molecule has 0 saturated heterocycles. The Bertz CT molecular complexity index is 953. The molecule has 0 aliphatic rings. The molecule has 2 aromatic heterocycles. The van der Waals surface area contributed by atoms with E-state index in [9.17, 15) is 31.1 Å². The lowest BCUT2D eigenvalue weighted by Gasteiger charge is -2.09.